The molecule has 0 aliphatic rings. The van der Waals surface area contributed by atoms with Gasteiger partial charge in [0.05, 0.1) is 13.3 Å². The highest BCUT2D eigenvalue weighted by Gasteiger charge is 2.18. The van der Waals surface area contributed by atoms with E-state index in [-0.39, 0.29) is 5.65 Å². The molecule has 0 bridgehead atoms. The van der Waals surface area contributed by atoms with Crippen LogP contribution in [0.25, 0.3) is 11.2 Å². The second kappa shape index (κ2) is 7.55. The van der Waals surface area contributed by atoms with Crippen LogP contribution >= 0.6 is 0 Å². The molecule has 28 heavy (non-hydrogen) atoms. The van der Waals surface area contributed by atoms with E-state index in [9.17, 15) is 9.59 Å². The van der Waals surface area contributed by atoms with Crippen molar-refractivity contribution in [1.29, 1.82) is 0 Å². The molecule has 2 heterocycles. The number of rotatable bonds is 6. The van der Waals surface area contributed by atoms with Gasteiger partial charge in [0.25, 0.3) is 5.56 Å². The van der Waals surface area contributed by atoms with Crippen LogP contribution in [0.4, 0.5) is 5.95 Å². The van der Waals surface area contributed by atoms with Gasteiger partial charge in [0.2, 0.25) is 5.95 Å². The summed E-state index contributed by atoms with van der Waals surface area (Å²) in [7, 11) is 4.62. The average Bonchev–Trinajstić information content (AvgIpc) is 3.03. The first-order chi connectivity index (χ1) is 13.3. The van der Waals surface area contributed by atoms with E-state index in [1.165, 1.54) is 11.6 Å². The van der Waals surface area contributed by atoms with Crippen molar-refractivity contribution in [3.8, 4) is 5.75 Å². The lowest BCUT2D eigenvalue weighted by Gasteiger charge is -2.08. The average molecular weight is 382 g/mol. The minimum absolute atomic E-state index is 0.288. The molecule has 9 heteroatoms. The first-order valence-corrected chi connectivity index (χ1v) is 8.57. The Labute approximate surface area is 161 Å². The SMILES string of the molecule is C=C(C)Cn1c(NN=Cc2ccc(OC)cc2)nc2c1c(=O)n(C)c(=O)n2C. The molecule has 3 aromatic rings. The number of nitrogens with zero attached hydrogens (tertiary/aromatic N) is 5. The molecular formula is C19H22N6O3. The topological polar surface area (TPSA) is 95.4 Å². The van der Waals surface area contributed by atoms with E-state index in [2.05, 4.69) is 22.1 Å². The van der Waals surface area contributed by atoms with Crippen LogP contribution < -0.4 is 21.4 Å². The fourth-order valence-corrected chi connectivity index (χ4v) is 2.81. The molecule has 0 spiro atoms. The van der Waals surface area contributed by atoms with Crippen LogP contribution in [0.3, 0.4) is 0 Å². The summed E-state index contributed by atoms with van der Waals surface area (Å²) in [6.45, 7) is 6.13. The normalized spacial score (nSPS) is 11.3. The summed E-state index contributed by atoms with van der Waals surface area (Å²) in [5, 5.41) is 4.21. The number of nitrogens with one attached hydrogen (secondary N) is 1. The number of allylic oxidation sites excluding steroid dienone is 1. The molecule has 3 rings (SSSR count). The van der Waals surface area contributed by atoms with Gasteiger partial charge in [-0.15, -0.1) is 0 Å². The summed E-state index contributed by atoms with van der Waals surface area (Å²) in [5.74, 6) is 1.10. The number of aryl methyl sites for hydroxylation is 1. The lowest BCUT2D eigenvalue weighted by atomic mass is 10.2. The molecule has 0 saturated heterocycles. The number of imidazole rings is 1. The van der Waals surface area contributed by atoms with Crippen LogP contribution in [0, 0.1) is 0 Å². The van der Waals surface area contributed by atoms with Crippen LogP contribution in [0.1, 0.15) is 12.5 Å². The number of fused-ring (bicyclic) bond motifs is 1. The Hall–Kier alpha value is -3.62. The molecule has 2 aromatic heterocycles. The Kier molecular flexibility index (Phi) is 5.16. The Morgan fingerprint density at radius 3 is 2.54 bits per heavy atom. The minimum Gasteiger partial charge on any atom is -0.497 e. The Morgan fingerprint density at radius 1 is 1.25 bits per heavy atom. The highest BCUT2D eigenvalue weighted by atomic mass is 16.5. The van der Waals surface area contributed by atoms with Crippen molar-refractivity contribution in [3.05, 3.63) is 62.8 Å². The summed E-state index contributed by atoms with van der Waals surface area (Å²) < 4.78 is 9.20. The van der Waals surface area contributed by atoms with E-state index >= 15 is 0 Å². The summed E-state index contributed by atoms with van der Waals surface area (Å²) in [4.78, 5) is 29.3. The number of hydrogen-bond donors (Lipinski definition) is 1. The number of aromatic nitrogens is 4. The monoisotopic (exact) mass is 382 g/mol. The second-order valence-electron chi connectivity index (χ2n) is 6.50. The predicted molar refractivity (Wildman–Crippen MR) is 109 cm³/mol. The zero-order chi connectivity index (χ0) is 20.4. The molecule has 9 nitrogen and oxygen atoms in total. The minimum atomic E-state index is -0.439. The van der Waals surface area contributed by atoms with Gasteiger partial charge >= 0.3 is 5.69 Å². The smallest absolute Gasteiger partial charge is 0.332 e. The molecule has 0 aliphatic heterocycles. The van der Waals surface area contributed by atoms with Gasteiger partial charge in [0.15, 0.2) is 11.2 Å². The molecule has 0 aliphatic carbocycles. The standard InChI is InChI=1S/C19H22N6O3/c1-12(2)11-25-15-16(23(3)19(27)24(4)17(15)26)21-18(25)22-20-10-13-6-8-14(28-5)9-7-13/h6-10H,1,11H2,2-5H3,(H,21,22). The van der Waals surface area contributed by atoms with E-state index in [1.54, 1.807) is 24.9 Å². The Morgan fingerprint density at radius 2 is 1.93 bits per heavy atom. The number of hydrazone groups is 1. The molecule has 0 atom stereocenters. The van der Waals surface area contributed by atoms with Gasteiger partial charge in [-0.1, -0.05) is 12.2 Å². The van der Waals surface area contributed by atoms with Gasteiger partial charge in [0.1, 0.15) is 5.75 Å². The molecule has 0 fully saturated rings. The van der Waals surface area contributed by atoms with Gasteiger partial charge < -0.3 is 4.74 Å². The van der Waals surface area contributed by atoms with E-state index in [4.69, 9.17) is 4.74 Å². The fraction of sp³-hybridized carbons (Fsp3) is 0.263. The van der Waals surface area contributed by atoms with Crippen molar-refractivity contribution in [2.24, 2.45) is 19.2 Å². The van der Waals surface area contributed by atoms with Gasteiger partial charge in [-0.25, -0.2) is 10.2 Å². The maximum atomic E-state index is 12.7. The predicted octanol–water partition coefficient (Wildman–Crippen LogP) is 1.46. The zero-order valence-electron chi connectivity index (χ0n) is 16.3. The number of ether oxygens (including phenoxy) is 1. The van der Waals surface area contributed by atoms with Crippen LogP contribution in [0.2, 0.25) is 0 Å². The highest BCUT2D eigenvalue weighted by molar-refractivity contribution is 5.80. The van der Waals surface area contributed by atoms with Gasteiger partial charge in [0, 0.05) is 20.6 Å². The number of anilines is 1. The Bertz CT molecular complexity index is 1180. The van der Waals surface area contributed by atoms with Crippen molar-refractivity contribution in [1.82, 2.24) is 18.7 Å². The molecule has 146 valence electrons. The number of benzene rings is 1. The zero-order valence-corrected chi connectivity index (χ0v) is 16.3. The molecule has 1 N–H and O–H groups in total. The molecule has 0 saturated carbocycles. The van der Waals surface area contributed by atoms with Gasteiger partial charge in [-0.3, -0.25) is 18.5 Å². The Balaban J connectivity index is 2.04. The van der Waals surface area contributed by atoms with Crippen LogP contribution in [-0.2, 0) is 20.6 Å². The third kappa shape index (κ3) is 3.46. The molecule has 1 aromatic carbocycles. The molecule has 0 radical (unpaired) electrons. The summed E-state index contributed by atoms with van der Waals surface area (Å²) in [6.07, 6.45) is 1.63. The quantitative estimate of drug-likeness (QED) is 0.396. The van der Waals surface area contributed by atoms with Crippen molar-refractivity contribution in [2.75, 3.05) is 12.5 Å². The maximum Gasteiger partial charge on any atom is 0.332 e. The third-order valence-electron chi connectivity index (χ3n) is 4.27. The van der Waals surface area contributed by atoms with Crippen LogP contribution in [0.15, 0.2) is 51.1 Å². The first-order valence-electron chi connectivity index (χ1n) is 8.57. The van der Waals surface area contributed by atoms with Crippen molar-refractivity contribution >= 4 is 23.3 Å². The fourth-order valence-electron chi connectivity index (χ4n) is 2.81. The number of methoxy groups -OCH3 is 1. The second-order valence-corrected chi connectivity index (χ2v) is 6.50. The van der Waals surface area contributed by atoms with Crippen LogP contribution in [0.5, 0.6) is 5.75 Å². The lowest BCUT2D eigenvalue weighted by molar-refractivity contribution is 0.415. The van der Waals surface area contributed by atoms with Gasteiger partial charge in [-0.05, 0) is 36.8 Å². The van der Waals surface area contributed by atoms with E-state index < -0.39 is 11.2 Å². The van der Waals surface area contributed by atoms with E-state index in [0.29, 0.717) is 18.0 Å². The molecule has 0 amide bonds. The van der Waals surface area contributed by atoms with Crippen molar-refractivity contribution in [2.45, 2.75) is 13.5 Å². The van der Waals surface area contributed by atoms with Crippen LogP contribution in [-0.4, -0.2) is 32.0 Å². The molecule has 0 unspecified atom stereocenters. The van der Waals surface area contributed by atoms with E-state index in [1.807, 2.05) is 31.2 Å². The first kappa shape index (κ1) is 19.2. The van der Waals surface area contributed by atoms with Crippen molar-refractivity contribution in [3.63, 3.8) is 0 Å². The largest absolute Gasteiger partial charge is 0.497 e. The summed E-state index contributed by atoms with van der Waals surface area (Å²) in [6, 6.07) is 7.38. The number of hydrogen-bond acceptors (Lipinski definition) is 6. The summed E-state index contributed by atoms with van der Waals surface area (Å²) >= 11 is 0. The van der Waals surface area contributed by atoms with Gasteiger partial charge in [-0.2, -0.15) is 10.1 Å². The summed E-state index contributed by atoms with van der Waals surface area (Å²) in [5.41, 5.74) is 4.30. The molecular weight excluding hydrogens is 360 g/mol. The van der Waals surface area contributed by atoms with Crippen molar-refractivity contribution < 1.29 is 4.74 Å². The third-order valence-corrected chi connectivity index (χ3v) is 4.27. The highest BCUT2D eigenvalue weighted by Crippen LogP contribution is 2.17. The lowest BCUT2D eigenvalue weighted by Crippen LogP contribution is -2.37. The van der Waals surface area contributed by atoms with E-state index in [0.717, 1.165) is 21.5 Å². The maximum absolute atomic E-state index is 12.7.